The van der Waals surface area contributed by atoms with E-state index in [1.165, 1.54) is 38.5 Å². The first-order chi connectivity index (χ1) is 6.38. The minimum Gasteiger partial charge on any atom is -0.378 e. The summed E-state index contributed by atoms with van der Waals surface area (Å²) in [6.45, 7) is 1.01. The molecule has 2 fully saturated rings. The Balaban J connectivity index is 1.54. The summed E-state index contributed by atoms with van der Waals surface area (Å²) in [6, 6.07) is 0.714. The van der Waals surface area contributed by atoms with Crippen molar-refractivity contribution in [2.45, 2.75) is 50.7 Å². The van der Waals surface area contributed by atoms with Crippen LogP contribution in [0, 0.1) is 5.92 Å². The fourth-order valence-corrected chi connectivity index (χ4v) is 2.16. The van der Waals surface area contributed by atoms with E-state index in [1.54, 1.807) is 0 Å². The summed E-state index contributed by atoms with van der Waals surface area (Å²) in [5, 5.41) is 3.33. The van der Waals surface area contributed by atoms with Gasteiger partial charge in [-0.05, 0) is 38.6 Å². The van der Waals surface area contributed by atoms with Crippen LogP contribution in [0.1, 0.15) is 38.5 Å². The van der Waals surface area contributed by atoms with Gasteiger partial charge in [-0.15, -0.1) is 0 Å². The van der Waals surface area contributed by atoms with Crippen molar-refractivity contribution in [1.29, 1.82) is 0 Å². The highest BCUT2D eigenvalue weighted by Crippen LogP contribution is 2.32. The van der Waals surface area contributed by atoms with Crippen LogP contribution in [-0.2, 0) is 4.74 Å². The zero-order valence-corrected chi connectivity index (χ0v) is 8.59. The molecule has 2 rings (SSSR count). The van der Waals surface area contributed by atoms with Gasteiger partial charge in [0.25, 0.3) is 0 Å². The van der Waals surface area contributed by atoms with Crippen LogP contribution < -0.4 is 5.32 Å². The van der Waals surface area contributed by atoms with Crippen molar-refractivity contribution in [2.24, 2.45) is 5.92 Å². The van der Waals surface area contributed by atoms with Gasteiger partial charge < -0.3 is 10.1 Å². The molecule has 2 aliphatic carbocycles. The molecule has 2 atom stereocenters. The van der Waals surface area contributed by atoms with Crippen molar-refractivity contribution in [3.63, 3.8) is 0 Å². The zero-order valence-electron chi connectivity index (χ0n) is 8.59. The summed E-state index contributed by atoms with van der Waals surface area (Å²) >= 11 is 0. The summed E-state index contributed by atoms with van der Waals surface area (Å²) in [4.78, 5) is 0. The molecule has 0 aliphatic heterocycles. The minimum atomic E-state index is 0.552. The highest BCUT2D eigenvalue weighted by atomic mass is 16.5. The maximum absolute atomic E-state index is 5.85. The number of hydrogen-bond acceptors (Lipinski definition) is 2. The summed E-state index contributed by atoms with van der Waals surface area (Å²) < 4.78 is 5.85. The van der Waals surface area contributed by atoms with Crippen molar-refractivity contribution in [1.82, 2.24) is 5.32 Å². The standard InChI is InChI=1S/C11H21NO/c1-12-10-4-5-11(8-10)13-7-6-9-2-3-9/h9-12H,2-8H2,1H3. The number of rotatable bonds is 5. The SMILES string of the molecule is CNC1CCC(OCCC2CC2)C1. The topological polar surface area (TPSA) is 21.3 Å². The Labute approximate surface area is 81.0 Å². The van der Waals surface area contributed by atoms with E-state index in [9.17, 15) is 0 Å². The molecule has 0 aromatic rings. The van der Waals surface area contributed by atoms with Crippen LogP contribution in [0.4, 0.5) is 0 Å². The third kappa shape index (κ3) is 2.96. The molecule has 76 valence electrons. The van der Waals surface area contributed by atoms with E-state index in [4.69, 9.17) is 4.74 Å². The lowest BCUT2D eigenvalue weighted by Crippen LogP contribution is -2.22. The smallest absolute Gasteiger partial charge is 0.0590 e. The van der Waals surface area contributed by atoms with Crippen LogP contribution in [0.5, 0.6) is 0 Å². The van der Waals surface area contributed by atoms with E-state index in [0.29, 0.717) is 12.1 Å². The van der Waals surface area contributed by atoms with E-state index < -0.39 is 0 Å². The van der Waals surface area contributed by atoms with E-state index in [2.05, 4.69) is 12.4 Å². The van der Waals surface area contributed by atoms with Crippen LogP contribution >= 0.6 is 0 Å². The fraction of sp³-hybridized carbons (Fsp3) is 1.00. The van der Waals surface area contributed by atoms with Crippen molar-refractivity contribution < 1.29 is 4.74 Å². The molecule has 0 saturated heterocycles. The van der Waals surface area contributed by atoms with Crippen LogP contribution in [0.25, 0.3) is 0 Å². The van der Waals surface area contributed by atoms with Crippen molar-refractivity contribution >= 4 is 0 Å². The highest BCUT2D eigenvalue weighted by Gasteiger charge is 2.25. The first-order valence-corrected chi connectivity index (χ1v) is 5.67. The average molecular weight is 183 g/mol. The highest BCUT2D eigenvalue weighted by molar-refractivity contribution is 4.80. The summed E-state index contributed by atoms with van der Waals surface area (Å²) in [6.07, 6.45) is 8.54. The van der Waals surface area contributed by atoms with Crippen molar-refractivity contribution in [3.05, 3.63) is 0 Å². The molecular weight excluding hydrogens is 162 g/mol. The number of hydrogen-bond donors (Lipinski definition) is 1. The molecular formula is C11H21NO. The Morgan fingerprint density at radius 1 is 1.23 bits per heavy atom. The molecule has 0 radical (unpaired) electrons. The molecule has 2 unspecified atom stereocenters. The zero-order chi connectivity index (χ0) is 9.10. The predicted molar refractivity (Wildman–Crippen MR) is 53.8 cm³/mol. The third-order valence-electron chi connectivity index (χ3n) is 3.37. The summed E-state index contributed by atoms with van der Waals surface area (Å²) in [5.41, 5.74) is 0. The second kappa shape index (κ2) is 4.43. The van der Waals surface area contributed by atoms with Crippen LogP contribution in [-0.4, -0.2) is 25.8 Å². The van der Waals surface area contributed by atoms with Crippen LogP contribution in [0.15, 0.2) is 0 Å². The molecule has 0 aromatic carbocycles. The second-order valence-corrected chi connectivity index (χ2v) is 4.52. The maximum Gasteiger partial charge on any atom is 0.0590 e. The van der Waals surface area contributed by atoms with Gasteiger partial charge in [0.15, 0.2) is 0 Å². The van der Waals surface area contributed by atoms with E-state index in [1.807, 2.05) is 0 Å². The Hall–Kier alpha value is -0.0800. The van der Waals surface area contributed by atoms with Gasteiger partial charge >= 0.3 is 0 Å². The lowest BCUT2D eigenvalue weighted by Gasteiger charge is -2.11. The molecule has 1 N–H and O–H groups in total. The molecule has 13 heavy (non-hydrogen) atoms. The lowest BCUT2D eigenvalue weighted by molar-refractivity contribution is 0.0529. The van der Waals surface area contributed by atoms with Crippen LogP contribution in [0.3, 0.4) is 0 Å². The van der Waals surface area contributed by atoms with E-state index >= 15 is 0 Å². The Morgan fingerprint density at radius 2 is 2.08 bits per heavy atom. The second-order valence-electron chi connectivity index (χ2n) is 4.52. The molecule has 0 spiro atoms. The molecule has 0 heterocycles. The molecule has 2 aliphatic rings. The van der Waals surface area contributed by atoms with Gasteiger partial charge in [0.05, 0.1) is 6.10 Å². The van der Waals surface area contributed by atoms with Gasteiger partial charge in [-0.2, -0.15) is 0 Å². The maximum atomic E-state index is 5.85. The molecule has 2 heteroatoms. The largest absolute Gasteiger partial charge is 0.378 e. The number of nitrogens with one attached hydrogen (secondary N) is 1. The predicted octanol–water partition coefficient (Wildman–Crippen LogP) is 1.94. The molecule has 0 amide bonds. The quantitative estimate of drug-likeness (QED) is 0.703. The first-order valence-electron chi connectivity index (χ1n) is 5.67. The first kappa shape index (κ1) is 9.47. The Morgan fingerprint density at radius 3 is 2.69 bits per heavy atom. The van der Waals surface area contributed by atoms with Gasteiger partial charge in [0, 0.05) is 12.6 Å². The monoisotopic (exact) mass is 183 g/mol. The Kier molecular flexibility index (Phi) is 3.23. The van der Waals surface area contributed by atoms with Gasteiger partial charge in [-0.25, -0.2) is 0 Å². The van der Waals surface area contributed by atoms with Crippen molar-refractivity contribution in [3.8, 4) is 0 Å². The minimum absolute atomic E-state index is 0.552. The van der Waals surface area contributed by atoms with Gasteiger partial charge in [0.1, 0.15) is 0 Å². The van der Waals surface area contributed by atoms with E-state index in [-0.39, 0.29) is 0 Å². The molecule has 2 nitrogen and oxygen atoms in total. The lowest BCUT2D eigenvalue weighted by atomic mass is 10.2. The fourth-order valence-electron chi connectivity index (χ4n) is 2.16. The van der Waals surface area contributed by atoms with Gasteiger partial charge in [-0.1, -0.05) is 12.8 Å². The van der Waals surface area contributed by atoms with Gasteiger partial charge in [-0.3, -0.25) is 0 Å². The third-order valence-corrected chi connectivity index (χ3v) is 3.37. The molecule has 0 bridgehead atoms. The molecule has 2 saturated carbocycles. The van der Waals surface area contributed by atoms with Gasteiger partial charge in [0.2, 0.25) is 0 Å². The van der Waals surface area contributed by atoms with E-state index in [0.717, 1.165) is 12.5 Å². The van der Waals surface area contributed by atoms with Crippen molar-refractivity contribution in [2.75, 3.05) is 13.7 Å². The molecule has 0 aromatic heterocycles. The summed E-state index contributed by atoms with van der Waals surface area (Å²) in [5.74, 6) is 1.02. The average Bonchev–Trinajstić information content (AvgIpc) is 2.84. The number of ether oxygens (including phenoxy) is 1. The Bertz CT molecular complexity index is 156. The van der Waals surface area contributed by atoms with Crippen LogP contribution in [0.2, 0.25) is 0 Å². The summed E-state index contributed by atoms with van der Waals surface area (Å²) in [7, 11) is 2.05. The normalized spacial score (nSPS) is 33.9.